The lowest BCUT2D eigenvalue weighted by Gasteiger charge is -2.28. The Morgan fingerprint density at radius 3 is 2.11 bits per heavy atom. The second kappa shape index (κ2) is 7.05. The second-order valence-corrected chi connectivity index (χ2v) is 6.88. The number of imide groups is 1. The molecule has 7 nitrogen and oxygen atoms in total. The molecule has 1 aliphatic heterocycles. The van der Waals surface area contributed by atoms with Gasteiger partial charge in [0.05, 0.1) is 6.54 Å². The molecule has 1 fully saturated rings. The summed E-state index contributed by atoms with van der Waals surface area (Å²) < 4.78 is 2.22. The van der Waals surface area contributed by atoms with Gasteiger partial charge in [-0.2, -0.15) is 5.10 Å². The number of carbonyl (C=O) groups is 2. The molecular weight excluding hydrogens is 374 g/mol. The Labute approximate surface area is 167 Å². The van der Waals surface area contributed by atoms with Gasteiger partial charge in [-0.1, -0.05) is 60.7 Å². The topological polar surface area (TPSA) is 83.0 Å². The highest BCUT2D eigenvalue weighted by molar-refractivity contribution is 7.71. The van der Waals surface area contributed by atoms with Crippen LogP contribution < -0.4 is 5.32 Å². The number of hydrogen-bond acceptors (Lipinski definition) is 4. The zero-order chi connectivity index (χ0) is 19.7. The van der Waals surface area contributed by atoms with E-state index < -0.39 is 11.6 Å². The number of nitrogens with zero attached hydrogens (tertiary/aromatic N) is 3. The van der Waals surface area contributed by atoms with E-state index in [0.717, 1.165) is 0 Å². The number of aromatic amines is 1. The Morgan fingerprint density at radius 2 is 1.57 bits per heavy atom. The molecule has 2 heterocycles. The Hall–Kier alpha value is -3.26. The monoisotopic (exact) mass is 393 g/mol. The molecule has 28 heavy (non-hydrogen) atoms. The quantitative estimate of drug-likeness (QED) is 0.516. The first-order valence-corrected chi connectivity index (χ1v) is 9.38. The van der Waals surface area contributed by atoms with Crippen LogP contribution in [0.4, 0.5) is 4.79 Å². The number of carbonyl (C=O) groups excluding carboxylic acids is 2. The lowest BCUT2D eigenvalue weighted by Crippen LogP contribution is -2.45. The van der Waals surface area contributed by atoms with Crippen LogP contribution in [-0.2, 0) is 23.4 Å². The molecule has 2 aromatic carbocycles. The highest BCUT2D eigenvalue weighted by Gasteiger charge is 2.53. The van der Waals surface area contributed by atoms with Crippen LogP contribution >= 0.6 is 12.2 Å². The van der Waals surface area contributed by atoms with Crippen LogP contribution in [0.3, 0.4) is 0 Å². The Bertz CT molecular complexity index is 1040. The first-order valence-electron chi connectivity index (χ1n) is 8.97. The minimum Gasteiger partial charge on any atom is -0.315 e. The van der Waals surface area contributed by atoms with Crippen molar-refractivity contribution in [1.29, 1.82) is 0 Å². The van der Waals surface area contributed by atoms with Crippen molar-refractivity contribution in [2.75, 3.05) is 0 Å². The summed E-state index contributed by atoms with van der Waals surface area (Å²) in [5, 5.41) is 9.83. The number of nitrogens with one attached hydrogen (secondary N) is 2. The Kier molecular flexibility index (Phi) is 4.56. The fraction of sp³-hybridized carbons (Fsp3) is 0.200. The van der Waals surface area contributed by atoms with Gasteiger partial charge in [0.15, 0.2) is 16.1 Å². The predicted octanol–water partition coefficient (Wildman–Crippen LogP) is 2.96. The third-order valence-electron chi connectivity index (χ3n) is 4.97. The van der Waals surface area contributed by atoms with Crippen LogP contribution in [-0.4, -0.2) is 31.6 Å². The maximum atomic E-state index is 13.6. The van der Waals surface area contributed by atoms with Gasteiger partial charge in [-0.15, -0.1) is 0 Å². The van der Waals surface area contributed by atoms with Gasteiger partial charge in [0, 0.05) is 6.54 Å². The summed E-state index contributed by atoms with van der Waals surface area (Å²) in [7, 11) is 0. The molecule has 4 rings (SSSR count). The summed E-state index contributed by atoms with van der Waals surface area (Å²) >= 11 is 5.21. The van der Waals surface area contributed by atoms with E-state index in [2.05, 4.69) is 15.5 Å². The van der Waals surface area contributed by atoms with Crippen LogP contribution in [0.2, 0.25) is 0 Å². The zero-order valence-electron chi connectivity index (χ0n) is 15.3. The van der Waals surface area contributed by atoms with E-state index in [1.807, 2.05) is 67.6 Å². The average Bonchev–Trinajstić information content (AvgIpc) is 3.21. The van der Waals surface area contributed by atoms with Crippen molar-refractivity contribution in [1.82, 2.24) is 25.0 Å². The van der Waals surface area contributed by atoms with Gasteiger partial charge in [0.25, 0.3) is 5.91 Å². The standard InChI is InChI=1S/C20H19N5O2S/c1-2-24-16(22-23-19(24)28)13-25-17(26)20(21-18(25)27,14-9-5-3-6-10-14)15-11-7-4-8-12-15/h3-12H,2,13H2,1H3,(H,21,27)(H,23,28). The van der Waals surface area contributed by atoms with E-state index in [0.29, 0.717) is 28.3 Å². The molecule has 1 saturated heterocycles. The van der Waals surface area contributed by atoms with Crippen LogP contribution in [0, 0.1) is 4.77 Å². The van der Waals surface area contributed by atoms with Crippen molar-refractivity contribution in [3.8, 4) is 0 Å². The molecule has 0 radical (unpaired) electrons. The fourth-order valence-corrected chi connectivity index (χ4v) is 3.87. The molecule has 0 spiro atoms. The molecular formula is C20H19N5O2S. The molecule has 3 amide bonds. The predicted molar refractivity (Wildman–Crippen MR) is 106 cm³/mol. The SMILES string of the molecule is CCn1c(CN2C(=O)NC(c3ccccc3)(c3ccccc3)C2=O)n[nH]c1=S. The second-order valence-electron chi connectivity index (χ2n) is 6.49. The Morgan fingerprint density at radius 1 is 1.00 bits per heavy atom. The molecule has 0 saturated carbocycles. The van der Waals surface area contributed by atoms with Crippen molar-refractivity contribution in [3.05, 3.63) is 82.4 Å². The van der Waals surface area contributed by atoms with Crippen molar-refractivity contribution >= 4 is 24.2 Å². The number of rotatable bonds is 5. The Balaban J connectivity index is 1.80. The third kappa shape index (κ3) is 2.73. The van der Waals surface area contributed by atoms with Gasteiger partial charge in [-0.05, 0) is 30.3 Å². The molecule has 3 aromatic rings. The van der Waals surface area contributed by atoms with Crippen LogP contribution in [0.25, 0.3) is 0 Å². The summed E-state index contributed by atoms with van der Waals surface area (Å²) in [5.74, 6) is 0.194. The van der Waals surface area contributed by atoms with Gasteiger partial charge in [-0.3, -0.25) is 14.8 Å². The molecule has 8 heteroatoms. The third-order valence-corrected chi connectivity index (χ3v) is 5.28. The smallest absolute Gasteiger partial charge is 0.315 e. The summed E-state index contributed by atoms with van der Waals surface area (Å²) in [6.45, 7) is 2.56. The number of benzene rings is 2. The normalized spacial score (nSPS) is 15.7. The van der Waals surface area contributed by atoms with E-state index in [1.165, 1.54) is 4.90 Å². The van der Waals surface area contributed by atoms with Crippen molar-refractivity contribution < 1.29 is 9.59 Å². The van der Waals surface area contributed by atoms with Gasteiger partial charge >= 0.3 is 6.03 Å². The lowest BCUT2D eigenvalue weighted by molar-refractivity contribution is -0.130. The van der Waals surface area contributed by atoms with Crippen LogP contribution in [0.5, 0.6) is 0 Å². The maximum Gasteiger partial charge on any atom is 0.325 e. The van der Waals surface area contributed by atoms with E-state index in [-0.39, 0.29) is 12.5 Å². The molecule has 2 N–H and O–H groups in total. The lowest BCUT2D eigenvalue weighted by atomic mass is 9.82. The van der Waals surface area contributed by atoms with Crippen molar-refractivity contribution in [3.63, 3.8) is 0 Å². The molecule has 1 aromatic heterocycles. The molecule has 142 valence electrons. The fourth-order valence-electron chi connectivity index (χ4n) is 3.59. The maximum absolute atomic E-state index is 13.6. The largest absolute Gasteiger partial charge is 0.325 e. The van der Waals surface area contributed by atoms with Gasteiger partial charge < -0.3 is 9.88 Å². The zero-order valence-corrected chi connectivity index (χ0v) is 16.1. The van der Waals surface area contributed by atoms with Crippen molar-refractivity contribution in [2.45, 2.75) is 25.6 Å². The average molecular weight is 393 g/mol. The van der Waals surface area contributed by atoms with E-state index in [4.69, 9.17) is 12.2 Å². The molecule has 0 unspecified atom stereocenters. The van der Waals surface area contributed by atoms with E-state index in [9.17, 15) is 9.59 Å². The number of aromatic nitrogens is 3. The number of H-pyrrole nitrogens is 1. The highest BCUT2D eigenvalue weighted by atomic mass is 32.1. The number of urea groups is 1. The summed E-state index contributed by atoms with van der Waals surface area (Å²) in [4.78, 5) is 27.7. The minimum atomic E-state index is -1.27. The van der Waals surface area contributed by atoms with Gasteiger partial charge in [0.1, 0.15) is 0 Å². The summed E-state index contributed by atoms with van der Waals surface area (Å²) in [6.07, 6.45) is 0. The van der Waals surface area contributed by atoms with Crippen LogP contribution in [0.15, 0.2) is 60.7 Å². The number of amides is 3. The molecule has 1 aliphatic rings. The van der Waals surface area contributed by atoms with E-state index >= 15 is 0 Å². The molecule has 0 aliphatic carbocycles. The summed E-state index contributed by atoms with van der Waals surface area (Å²) in [6, 6.07) is 18.1. The van der Waals surface area contributed by atoms with Gasteiger partial charge in [0.2, 0.25) is 0 Å². The van der Waals surface area contributed by atoms with Crippen LogP contribution in [0.1, 0.15) is 23.9 Å². The minimum absolute atomic E-state index is 0.0348. The molecule has 0 bridgehead atoms. The first-order chi connectivity index (χ1) is 13.6. The van der Waals surface area contributed by atoms with Gasteiger partial charge in [-0.25, -0.2) is 4.79 Å². The summed E-state index contributed by atoms with van der Waals surface area (Å²) in [5.41, 5.74) is 0.136. The number of hydrogen-bond donors (Lipinski definition) is 2. The highest BCUT2D eigenvalue weighted by Crippen LogP contribution is 2.36. The van der Waals surface area contributed by atoms with Crippen molar-refractivity contribution in [2.24, 2.45) is 0 Å². The molecule has 0 atom stereocenters. The van der Waals surface area contributed by atoms with E-state index in [1.54, 1.807) is 4.57 Å². The first kappa shape index (κ1) is 18.1.